The van der Waals surface area contributed by atoms with E-state index in [2.05, 4.69) is 0 Å². The van der Waals surface area contributed by atoms with Gasteiger partial charge in [-0.25, -0.2) is 0 Å². The molecule has 0 aliphatic carbocycles. The van der Waals surface area contributed by atoms with E-state index in [0.29, 0.717) is 6.61 Å². The fourth-order valence-electron chi connectivity index (χ4n) is 0.322. The van der Waals surface area contributed by atoms with Crippen LogP contribution in [-0.4, -0.2) is 32.7 Å². The highest BCUT2D eigenvalue weighted by Gasteiger charge is 1.96. The van der Waals surface area contributed by atoms with E-state index in [1.807, 2.05) is 6.92 Å². The molecule has 0 amide bonds. The molecule has 0 aliphatic heterocycles. The number of rotatable bonds is 4. The molecule has 1 atom stereocenters. The van der Waals surface area contributed by atoms with Crippen LogP contribution in [0.5, 0.6) is 0 Å². The molecule has 8 heavy (non-hydrogen) atoms. The molecular weight excluding hydrogens is 103 g/mol. The lowest BCUT2D eigenvalue weighted by Crippen LogP contribution is -2.10. The van der Waals surface area contributed by atoms with Crippen molar-refractivity contribution in [1.82, 2.24) is 0 Å². The van der Waals surface area contributed by atoms with E-state index < -0.39 is 0 Å². The van der Waals surface area contributed by atoms with E-state index >= 15 is 0 Å². The van der Waals surface area contributed by atoms with E-state index in [4.69, 9.17) is 17.7 Å². The Kier molecular flexibility index (Phi) is 5.12. The van der Waals surface area contributed by atoms with Crippen molar-refractivity contribution in [1.29, 1.82) is 0 Å². The van der Waals surface area contributed by atoms with E-state index in [1.165, 1.54) is 0 Å². The molecule has 0 bridgehead atoms. The van der Waals surface area contributed by atoms with Gasteiger partial charge in [-0.05, 0) is 0 Å². The summed E-state index contributed by atoms with van der Waals surface area (Å²) >= 11 is 0. The van der Waals surface area contributed by atoms with Crippen LogP contribution >= 0.6 is 0 Å². The third kappa shape index (κ3) is 4.15. The normalized spacial score (nSPS) is 13.8. The highest BCUT2D eigenvalue weighted by atomic mass is 16.5. The maximum absolute atomic E-state index is 8.44. The van der Waals surface area contributed by atoms with Gasteiger partial charge in [-0.3, -0.25) is 0 Å². The van der Waals surface area contributed by atoms with Gasteiger partial charge in [0.05, 0.1) is 6.61 Å². The second-order valence-electron chi connectivity index (χ2n) is 1.83. The number of hydrogen-bond donors (Lipinski definition) is 1. The summed E-state index contributed by atoms with van der Waals surface area (Å²) in [6.07, 6.45) is 0. The summed E-state index contributed by atoms with van der Waals surface area (Å²) in [5, 5.41) is 8.44. The molecule has 0 saturated carbocycles. The Bertz CT molecular complexity index is 49.7. The number of aliphatic hydroxyl groups excluding tert-OH is 1. The fraction of sp³-hybridized carbons (Fsp3) is 1.00. The molecule has 46 valence electrons. The number of hydrogen-bond acceptors (Lipinski definition) is 2. The molecule has 0 saturated heterocycles. The van der Waals surface area contributed by atoms with Gasteiger partial charge in [-0.15, -0.1) is 0 Å². The Morgan fingerprint density at radius 3 is 2.75 bits per heavy atom. The molecule has 0 fully saturated rings. The summed E-state index contributed by atoms with van der Waals surface area (Å²) in [5.41, 5.74) is 0. The maximum atomic E-state index is 8.44. The Labute approximate surface area is 51.3 Å². The Morgan fingerprint density at radius 1 is 1.75 bits per heavy atom. The van der Waals surface area contributed by atoms with E-state index in [-0.39, 0.29) is 19.0 Å². The highest BCUT2D eigenvalue weighted by molar-refractivity contribution is 6.08. The minimum atomic E-state index is 0.167. The van der Waals surface area contributed by atoms with E-state index in [0.717, 1.165) is 0 Å². The van der Waals surface area contributed by atoms with Crippen LogP contribution in [0.1, 0.15) is 6.92 Å². The summed E-state index contributed by atoms with van der Waals surface area (Å²) in [5.74, 6) is 0.207. The largest absolute Gasteiger partial charge is 0.396 e. The maximum Gasteiger partial charge on any atom is 0.104 e. The predicted octanol–water partition coefficient (Wildman–Crippen LogP) is -0.243. The zero-order valence-electron chi connectivity index (χ0n) is 5.13. The molecule has 2 radical (unpaired) electrons. The SMILES string of the molecule is [B]COCC(C)CO. The van der Waals surface area contributed by atoms with Crippen molar-refractivity contribution in [3.63, 3.8) is 0 Å². The van der Waals surface area contributed by atoms with Crippen molar-refractivity contribution in [2.75, 3.05) is 19.7 Å². The van der Waals surface area contributed by atoms with Gasteiger partial charge in [0.2, 0.25) is 0 Å². The van der Waals surface area contributed by atoms with Crippen molar-refractivity contribution >= 4 is 7.85 Å². The van der Waals surface area contributed by atoms with E-state index in [9.17, 15) is 0 Å². The number of aliphatic hydroxyl groups is 1. The molecule has 0 rings (SSSR count). The standard InChI is InChI=1S/C5H11BO2/c1-5(2-7)3-8-4-6/h5,7H,2-4H2,1H3. The van der Waals surface area contributed by atoms with Crippen molar-refractivity contribution in [3.05, 3.63) is 0 Å². The van der Waals surface area contributed by atoms with Gasteiger partial charge in [0, 0.05) is 19.0 Å². The second kappa shape index (κ2) is 5.13. The molecule has 0 aromatic rings. The van der Waals surface area contributed by atoms with Gasteiger partial charge < -0.3 is 9.84 Å². The number of ether oxygens (including phenoxy) is 1. The van der Waals surface area contributed by atoms with Crippen LogP contribution in [0.25, 0.3) is 0 Å². The lowest BCUT2D eigenvalue weighted by Gasteiger charge is -2.05. The third-order valence-corrected chi connectivity index (χ3v) is 0.832. The minimum absolute atomic E-state index is 0.167. The lowest BCUT2D eigenvalue weighted by molar-refractivity contribution is 0.108. The Balaban J connectivity index is 2.86. The van der Waals surface area contributed by atoms with Gasteiger partial charge in [-0.1, -0.05) is 6.92 Å². The Morgan fingerprint density at radius 2 is 2.38 bits per heavy atom. The first kappa shape index (κ1) is 7.98. The molecule has 0 aliphatic rings. The first-order chi connectivity index (χ1) is 3.81. The summed E-state index contributed by atoms with van der Waals surface area (Å²) in [6, 6.07) is 0. The molecule has 1 unspecified atom stereocenters. The van der Waals surface area contributed by atoms with Crippen LogP contribution in [0.4, 0.5) is 0 Å². The molecule has 0 heterocycles. The lowest BCUT2D eigenvalue weighted by atomic mass is 10.2. The molecule has 1 N–H and O–H groups in total. The van der Waals surface area contributed by atoms with Crippen molar-refractivity contribution in [3.8, 4) is 0 Å². The monoisotopic (exact) mass is 114 g/mol. The highest BCUT2D eigenvalue weighted by Crippen LogP contribution is 1.91. The van der Waals surface area contributed by atoms with Gasteiger partial charge in [0.1, 0.15) is 7.85 Å². The first-order valence-electron chi connectivity index (χ1n) is 2.70. The molecule has 2 nitrogen and oxygen atoms in total. The fourth-order valence-corrected chi connectivity index (χ4v) is 0.322. The summed E-state index contributed by atoms with van der Waals surface area (Å²) in [7, 11) is 5.03. The molecular formula is C5H11BO2. The molecule has 0 aromatic heterocycles. The van der Waals surface area contributed by atoms with Crippen LogP contribution in [0.3, 0.4) is 0 Å². The minimum Gasteiger partial charge on any atom is -0.396 e. The van der Waals surface area contributed by atoms with Crippen molar-refractivity contribution in [2.24, 2.45) is 5.92 Å². The van der Waals surface area contributed by atoms with Gasteiger partial charge >= 0.3 is 0 Å². The zero-order valence-corrected chi connectivity index (χ0v) is 5.13. The van der Waals surface area contributed by atoms with Crippen LogP contribution in [0.2, 0.25) is 0 Å². The van der Waals surface area contributed by atoms with Gasteiger partial charge in [0.15, 0.2) is 0 Å². The van der Waals surface area contributed by atoms with Crippen LogP contribution in [0, 0.1) is 5.92 Å². The molecule has 3 heteroatoms. The topological polar surface area (TPSA) is 29.5 Å². The summed E-state index contributed by atoms with van der Waals surface area (Å²) < 4.78 is 4.80. The van der Waals surface area contributed by atoms with Crippen LogP contribution < -0.4 is 0 Å². The smallest absolute Gasteiger partial charge is 0.104 e. The Hall–Kier alpha value is -0.0151. The van der Waals surface area contributed by atoms with Crippen molar-refractivity contribution in [2.45, 2.75) is 6.92 Å². The van der Waals surface area contributed by atoms with Gasteiger partial charge in [-0.2, -0.15) is 0 Å². The van der Waals surface area contributed by atoms with Crippen LogP contribution in [-0.2, 0) is 4.74 Å². The average Bonchev–Trinajstić information content (AvgIpc) is 1.83. The quantitative estimate of drug-likeness (QED) is 0.511. The predicted molar refractivity (Wildman–Crippen MR) is 32.8 cm³/mol. The first-order valence-corrected chi connectivity index (χ1v) is 2.70. The second-order valence-corrected chi connectivity index (χ2v) is 1.83. The van der Waals surface area contributed by atoms with Gasteiger partial charge in [0.25, 0.3) is 0 Å². The van der Waals surface area contributed by atoms with E-state index in [1.54, 1.807) is 0 Å². The average molecular weight is 114 g/mol. The molecule has 0 spiro atoms. The molecule has 0 aromatic carbocycles. The third-order valence-electron chi connectivity index (χ3n) is 0.832. The zero-order chi connectivity index (χ0) is 6.41. The van der Waals surface area contributed by atoms with Crippen LogP contribution in [0.15, 0.2) is 0 Å². The van der Waals surface area contributed by atoms with Crippen molar-refractivity contribution < 1.29 is 9.84 Å². The summed E-state index contributed by atoms with van der Waals surface area (Å²) in [6.45, 7) is 2.85. The summed E-state index contributed by atoms with van der Waals surface area (Å²) in [4.78, 5) is 0.